The number of guanidine groups is 1. The van der Waals surface area contributed by atoms with E-state index in [2.05, 4.69) is 10.2 Å². The molecule has 0 aromatic heterocycles. The van der Waals surface area contributed by atoms with Gasteiger partial charge in [-0.3, -0.25) is 0 Å². The number of nitrogens with zero attached hydrogens (tertiary/aromatic N) is 2. The lowest BCUT2D eigenvalue weighted by Crippen LogP contribution is -2.22. The van der Waals surface area contributed by atoms with E-state index in [-0.39, 0.29) is 5.96 Å². The average Bonchev–Trinajstić information content (AvgIpc) is 2.14. The first-order valence-corrected chi connectivity index (χ1v) is 4.72. The Labute approximate surface area is 89.7 Å². The molecule has 0 heterocycles. The van der Waals surface area contributed by atoms with E-state index in [1.807, 2.05) is 39.0 Å². The molecular weight excluding hydrogens is 188 g/mol. The molecule has 1 aromatic carbocycles. The second kappa shape index (κ2) is 4.59. The molecule has 0 saturated carbocycles. The van der Waals surface area contributed by atoms with Gasteiger partial charge in [0.2, 0.25) is 5.96 Å². The van der Waals surface area contributed by atoms with Crippen LogP contribution in [0.15, 0.2) is 28.4 Å². The summed E-state index contributed by atoms with van der Waals surface area (Å²) in [4.78, 5) is 0. The van der Waals surface area contributed by atoms with Crippen molar-refractivity contribution in [3.05, 3.63) is 34.9 Å². The Morgan fingerprint density at radius 1 is 1.07 bits per heavy atom. The molecule has 4 heteroatoms. The maximum absolute atomic E-state index is 5.22. The fourth-order valence-corrected chi connectivity index (χ4v) is 1.57. The largest absolute Gasteiger partial charge is 0.369 e. The van der Waals surface area contributed by atoms with Crippen molar-refractivity contribution >= 4 is 11.7 Å². The van der Waals surface area contributed by atoms with Crippen LogP contribution in [0.25, 0.3) is 0 Å². The van der Waals surface area contributed by atoms with Crippen molar-refractivity contribution in [1.29, 1.82) is 0 Å². The van der Waals surface area contributed by atoms with Crippen molar-refractivity contribution in [1.82, 2.24) is 0 Å². The molecule has 1 rings (SSSR count). The Bertz CT molecular complexity index is 394. The smallest absolute Gasteiger partial charge is 0.211 e. The van der Waals surface area contributed by atoms with Crippen LogP contribution in [0.4, 0.5) is 0 Å². The first kappa shape index (κ1) is 11.2. The van der Waals surface area contributed by atoms with Gasteiger partial charge in [-0.05, 0) is 31.9 Å². The Kier molecular flexibility index (Phi) is 3.44. The Morgan fingerprint density at radius 2 is 1.60 bits per heavy atom. The van der Waals surface area contributed by atoms with Crippen molar-refractivity contribution in [3.63, 3.8) is 0 Å². The number of hydrogen-bond acceptors (Lipinski definition) is 2. The van der Waals surface area contributed by atoms with E-state index in [4.69, 9.17) is 11.5 Å². The molecule has 0 fully saturated rings. The van der Waals surface area contributed by atoms with Crippen molar-refractivity contribution in [2.45, 2.75) is 20.8 Å². The van der Waals surface area contributed by atoms with Gasteiger partial charge in [0.15, 0.2) is 0 Å². The van der Waals surface area contributed by atoms with Crippen molar-refractivity contribution in [3.8, 4) is 0 Å². The van der Waals surface area contributed by atoms with Crippen LogP contribution in [-0.2, 0) is 0 Å². The van der Waals surface area contributed by atoms with E-state index in [1.54, 1.807) is 0 Å². The molecular formula is C11H16N4. The first-order chi connectivity index (χ1) is 7.02. The van der Waals surface area contributed by atoms with Crippen LogP contribution >= 0.6 is 0 Å². The topological polar surface area (TPSA) is 76.8 Å². The van der Waals surface area contributed by atoms with Crippen molar-refractivity contribution in [2.75, 3.05) is 0 Å². The van der Waals surface area contributed by atoms with Gasteiger partial charge in [0.1, 0.15) is 0 Å². The van der Waals surface area contributed by atoms with Gasteiger partial charge in [-0.25, -0.2) is 0 Å². The van der Waals surface area contributed by atoms with Gasteiger partial charge in [-0.15, -0.1) is 5.10 Å². The van der Waals surface area contributed by atoms with E-state index in [0.29, 0.717) is 0 Å². The van der Waals surface area contributed by atoms with Gasteiger partial charge in [0, 0.05) is 5.56 Å². The Balaban J connectivity index is 3.16. The molecule has 0 unspecified atom stereocenters. The lowest BCUT2D eigenvalue weighted by atomic mass is 10.00. The molecule has 80 valence electrons. The Hall–Kier alpha value is -1.84. The predicted molar refractivity (Wildman–Crippen MR) is 63.9 cm³/mol. The summed E-state index contributed by atoms with van der Waals surface area (Å²) in [6.07, 6.45) is 0. The van der Waals surface area contributed by atoms with Gasteiger partial charge in [-0.2, -0.15) is 5.10 Å². The van der Waals surface area contributed by atoms with Gasteiger partial charge >= 0.3 is 0 Å². The summed E-state index contributed by atoms with van der Waals surface area (Å²) in [6, 6.07) is 6.09. The highest BCUT2D eigenvalue weighted by Crippen LogP contribution is 2.14. The van der Waals surface area contributed by atoms with E-state index >= 15 is 0 Å². The minimum atomic E-state index is -0.0272. The first-order valence-electron chi connectivity index (χ1n) is 4.72. The van der Waals surface area contributed by atoms with E-state index in [9.17, 15) is 0 Å². The molecule has 0 atom stereocenters. The zero-order valence-electron chi connectivity index (χ0n) is 9.28. The van der Waals surface area contributed by atoms with E-state index in [1.165, 1.54) is 11.1 Å². The standard InChI is InChI=1S/C11H16N4/c1-7-5-4-6-8(2)10(7)9(3)14-15-11(12)13/h4-6H,1-3H3,(H4,12,13,15). The summed E-state index contributed by atoms with van der Waals surface area (Å²) < 4.78 is 0. The summed E-state index contributed by atoms with van der Waals surface area (Å²) in [7, 11) is 0. The third-order valence-corrected chi connectivity index (χ3v) is 2.16. The van der Waals surface area contributed by atoms with Gasteiger partial charge in [-0.1, -0.05) is 18.2 Å². The van der Waals surface area contributed by atoms with Crippen molar-refractivity contribution < 1.29 is 0 Å². The summed E-state index contributed by atoms with van der Waals surface area (Å²) >= 11 is 0. The zero-order valence-corrected chi connectivity index (χ0v) is 9.28. The van der Waals surface area contributed by atoms with Crippen LogP contribution < -0.4 is 11.5 Å². The van der Waals surface area contributed by atoms with Gasteiger partial charge in [0.05, 0.1) is 5.71 Å². The number of aryl methyl sites for hydroxylation is 2. The van der Waals surface area contributed by atoms with Crippen LogP contribution in [0.2, 0.25) is 0 Å². The normalized spacial score (nSPS) is 11.3. The molecule has 0 radical (unpaired) electrons. The van der Waals surface area contributed by atoms with Gasteiger partial charge < -0.3 is 11.5 Å². The second-order valence-corrected chi connectivity index (χ2v) is 3.48. The van der Waals surface area contributed by atoms with Crippen LogP contribution in [0.1, 0.15) is 23.6 Å². The molecule has 4 nitrogen and oxygen atoms in total. The minimum absolute atomic E-state index is 0.0272. The highest BCUT2D eigenvalue weighted by molar-refractivity contribution is 6.01. The fraction of sp³-hybridized carbons (Fsp3) is 0.273. The lowest BCUT2D eigenvalue weighted by Gasteiger charge is -2.07. The van der Waals surface area contributed by atoms with Crippen LogP contribution in [0.3, 0.4) is 0 Å². The molecule has 4 N–H and O–H groups in total. The Morgan fingerprint density at radius 3 is 2.07 bits per heavy atom. The third-order valence-electron chi connectivity index (χ3n) is 2.16. The van der Waals surface area contributed by atoms with Crippen molar-refractivity contribution in [2.24, 2.45) is 21.7 Å². The maximum atomic E-state index is 5.22. The predicted octanol–water partition coefficient (Wildman–Crippen LogP) is 1.30. The fourth-order valence-electron chi connectivity index (χ4n) is 1.57. The van der Waals surface area contributed by atoms with Crippen LogP contribution in [0, 0.1) is 13.8 Å². The highest BCUT2D eigenvalue weighted by Gasteiger charge is 2.04. The number of benzene rings is 1. The molecule has 0 amide bonds. The lowest BCUT2D eigenvalue weighted by molar-refractivity contribution is 1.19. The third kappa shape index (κ3) is 2.80. The molecule has 0 bridgehead atoms. The van der Waals surface area contributed by atoms with Crippen LogP contribution in [-0.4, -0.2) is 11.7 Å². The number of rotatable bonds is 2. The summed E-state index contributed by atoms with van der Waals surface area (Å²) in [5.74, 6) is -0.0272. The molecule has 0 saturated heterocycles. The summed E-state index contributed by atoms with van der Waals surface area (Å²) in [5.41, 5.74) is 14.7. The minimum Gasteiger partial charge on any atom is -0.369 e. The summed E-state index contributed by atoms with van der Waals surface area (Å²) in [5, 5.41) is 7.61. The SMILES string of the molecule is CC(=NN=C(N)N)c1c(C)cccc1C. The second-order valence-electron chi connectivity index (χ2n) is 3.48. The maximum Gasteiger partial charge on any atom is 0.211 e. The molecule has 15 heavy (non-hydrogen) atoms. The number of hydrogen-bond donors (Lipinski definition) is 2. The highest BCUT2D eigenvalue weighted by atomic mass is 15.3. The molecule has 0 aliphatic heterocycles. The molecule has 1 aromatic rings. The van der Waals surface area contributed by atoms with E-state index in [0.717, 1.165) is 11.3 Å². The average molecular weight is 204 g/mol. The zero-order chi connectivity index (χ0) is 11.4. The molecule has 0 aliphatic rings. The monoisotopic (exact) mass is 204 g/mol. The van der Waals surface area contributed by atoms with Crippen LogP contribution in [0.5, 0.6) is 0 Å². The van der Waals surface area contributed by atoms with E-state index < -0.39 is 0 Å². The molecule has 0 aliphatic carbocycles. The summed E-state index contributed by atoms with van der Waals surface area (Å²) in [6.45, 7) is 5.97. The number of nitrogens with two attached hydrogens (primary N) is 2. The quantitative estimate of drug-likeness (QED) is 0.433. The molecule has 0 spiro atoms. The van der Waals surface area contributed by atoms with Gasteiger partial charge in [0.25, 0.3) is 0 Å².